The molecule has 1 rings (SSSR count). The lowest BCUT2D eigenvalue weighted by Crippen LogP contribution is -1.87. The highest BCUT2D eigenvalue weighted by molar-refractivity contribution is 5.43. The van der Waals surface area contributed by atoms with E-state index in [4.69, 9.17) is 0 Å². The SMILES string of the molecule is Cc1ccc(CF)c(C)c1O. The maximum atomic E-state index is 12.2. The first-order valence-corrected chi connectivity index (χ1v) is 3.51. The van der Waals surface area contributed by atoms with Crippen LogP contribution in [0.2, 0.25) is 0 Å². The predicted molar refractivity (Wildman–Crippen MR) is 42.4 cm³/mol. The van der Waals surface area contributed by atoms with Crippen LogP contribution in [0.15, 0.2) is 12.1 Å². The van der Waals surface area contributed by atoms with Crippen LogP contribution in [-0.4, -0.2) is 5.11 Å². The van der Waals surface area contributed by atoms with Crippen LogP contribution in [0.25, 0.3) is 0 Å². The van der Waals surface area contributed by atoms with E-state index in [-0.39, 0.29) is 5.75 Å². The number of phenolic OH excluding ortho intramolecular Hbond substituents is 1. The van der Waals surface area contributed by atoms with E-state index in [2.05, 4.69) is 0 Å². The lowest BCUT2D eigenvalue weighted by atomic mass is 10.1. The fourth-order valence-corrected chi connectivity index (χ4v) is 1.02. The van der Waals surface area contributed by atoms with Gasteiger partial charge in [-0.3, -0.25) is 0 Å². The average molecular weight is 154 g/mol. The Balaban J connectivity index is 3.25. The largest absolute Gasteiger partial charge is 0.507 e. The normalized spacial score (nSPS) is 10.1. The van der Waals surface area contributed by atoms with Gasteiger partial charge < -0.3 is 5.11 Å². The summed E-state index contributed by atoms with van der Waals surface area (Å²) >= 11 is 0. The molecule has 11 heavy (non-hydrogen) atoms. The van der Waals surface area contributed by atoms with Crippen LogP contribution < -0.4 is 0 Å². The molecule has 0 aromatic heterocycles. The van der Waals surface area contributed by atoms with E-state index in [1.165, 1.54) is 0 Å². The van der Waals surface area contributed by atoms with Gasteiger partial charge in [-0.25, -0.2) is 4.39 Å². The monoisotopic (exact) mass is 154 g/mol. The Morgan fingerprint density at radius 3 is 2.55 bits per heavy atom. The first-order valence-electron chi connectivity index (χ1n) is 3.51. The maximum Gasteiger partial charge on any atom is 0.121 e. The molecular weight excluding hydrogens is 143 g/mol. The standard InChI is InChI=1S/C9H11FO/c1-6-3-4-8(5-10)7(2)9(6)11/h3-4,11H,5H2,1-2H3. The highest BCUT2D eigenvalue weighted by Crippen LogP contribution is 2.24. The summed E-state index contributed by atoms with van der Waals surface area (Å²) < 4.78 is 12.2. The topological polar surface area (TPSA) is 20.2 Å². The zero-order valence-corrected chi connectivity index (χ0v) is 6.69. The number of aryl methyl sites for hydroxylation is 1. The van der Waals surface area contributed by atoms with E-state index in [1.54, 1.807) is 26.0 Å². The van der Waals surface area contributed by atoms with Crippen molar-refractivity contribution in [1.82, 2.24) is 0 Å². The molecule has 2 heteroatoms. The Labute approximate surface area is 65.5 Å². The molecule has 1 aromatic rings. The number of hydrogen-bond acceptors (Lipinski definition) is 1. The van der Waals surface area contributed by atoms with Gasteiger partial charge in [-0.2, -0.15) is 0 Å². The van der Waals surface area contributed by atoms with Crippen molar-refractivity contribution in [1.29, 1.82) is 0 Å². The van der Waals surface area contributed by atoms with E-state index >= 15 is 0 Å². The fraction of sp³-hybridized carbons (Fsp3) is 0.333. The summed E-state index contributed by atoms with van der Waals surface area (Å²) in [5.41, 5.74) is 2.00. The van der Waals surface area contributed by atoms with Crippen molar-refractivity contribution in [2.24, 2.45) is 0 Å². The Kier molecular flexibility index (Phi) is 2.13. The summed E-state index contributed by atoms with van der Waals surface area (Å²) in [6, 6.07) is 3.42. The molecule has 60 valence electrons. The van der Waals surface area contributed by atoms with E-state index in [0.717, 1.165) is 5.56 Å². The second kappa shape index (κ2) is 2.91. The lowest BCUT2D eigenvalue weighted by molar-refractivity contribution is 0.454. The van der Waals surface area contributed by atoms with Gasteiger partial charge in [0, 0.05) is 0 Å². The van der Waals surface area contributed by atoms with Gasteiger partial charge in [0.15, 0.2) is 0 Å². The number of halogens is 1. The van der Waals surface area contributed by atoms with Gasteiger partial charge in [-0.1, -0.05) is 12.1 Å². The van der Waals surface area contributed by atoms with Gasteiger partial charge in [-0.15, -0.1) is 0 Å². The third-order valence-corrected chi connectivity index (χ3v) is 1.89. The van der Waals surface area contributed by atoms with Gasteiger partial charge in [-0.05, 0) is 30.5 Å². The summed E-state index contributed by atoms with van der Waals surface area (Å²) in [5, 5.41) is 9.35. The predicted octanol–water partition coefficient (Wildman–Crippen LogP) is 2.48. The fourth-order valence-electron chi connectivity index (χ4n) is 1.02. The molecule has 0 aliphatic rings. The van der Waals surface area contributed by atoms with Crippen molar-refractivity contribution in [3.8, 4) is 5.75 Å². The second-order valence-electron chi connectivity index (χ2n) is 2.65. The molecule has 0 atom stereocenters. The molecule has 1 nitrogen and oxygen atoms in total. The first kappa shape index (κ1) is 8.05. The van der Waals surface area contributed by atoms with Gasteiger partial charge >= 0.3 is 0 Å². The molecular formula is C9H11FO. The summed E-state index contributed by atoms with van der Waals surface area (Å²) in [4.78, 5) is 0. The number of alkyl halides is 1. The van der Waals surface area contributed by atoms with Gasteiger partial charge in [0.25, 0.3) is 0 Å². The van der Waals surface area contributed by atoms with Crippen LogP contribution in [0.1, 0.15) is 16.7 Å². The number of benzene rings is 1. The summed E-state index contributed by atoms with van der Waals surface area (Å²) in [5.74, 6) is 0.208. The number of rotatable bonds is 1. The minimum absolute atomic E-state index is 0.208. The molecule has 0 heterocycles. The van der Waals surface area contributed by atoms with Crippen molar-refractivity contribution in [2.45, 2.75) is 20.5 Å². The van der Waals surface area contributed by atoms with Crippen molar-refractivity contribution in [2.75, 3.05) is 0 Å². The molecule has 1 N–H and O–H groups in total. The Morgan fingerprint density at radius 1 is 1.36 bits per heavy atom. The zero-order valence-electron chi connectivity index (χ0n) is 6.69. The first-order chi connectivity index (χ1) is 5.16. The number of phenols is 1. The highest BCUT2D eigenvalue weighted by atomic mass is 19.1. The van der Waals surface area contributed by atoms with E-state index in [0.29, 0.717) is 11.1 Å². The molecule has 0 aliphatic heterocycles. The maximum absolute atomic E-state index is 12.2. The molecule has 0 saturated heterocycles. The number of hydrogen-bond donors (Lipinski definition) is 1. The molecule has 1 aromatic carbocycles. The minimum Gasteiger partial charge on any atom is -0.507 e. The van der Waals surface area contributed by atoms with Crippen LogP contribution in [0.3, 0.4) is 0 Å². The third-order valence-electron chi connectivity index (χ3n) is 1.89. The van der Waals surface area contributed by atoms with Crippen LogP contribution in [0.5, 0.6) is 5.75 Å². The van der Waals surface area contributed by atoms with Crippen molar-refractivity contribution < 1.29 is 9.50 Å². The summed E-state index contributed by atoms with van der Waals surface area (Å²) in [6.07, 6.45) is 0. The zero-order chi connectivity index (χ0) is 8.43. The highest BCUT2D eigenvalue weighted by Gasteiger charge is 2.04. The van der Waals surface area contributed by atoms with E-state index in [1.807, 2.05) is 0 Å². The average Bonchev–Trinajstić information content (AvgIpc) is 2.01. The van der Waals surface area contributed by atoms with Crippen molar-refractivity contribution in [3.05, 3.63) is 28.8 Å². The quantitative estimate of drug-likeness (QED) is 0.658. The third kappa shape index (κ3) is 1.34. The van der Waals surface area contributed by atoms with E-state index in [9.17, 15) is 9.50 Å². The molecule has 0 bridgehead atoms. The van der Waals surface area contributed by atoms with Crippen LogP contribution in [0.4, 0.5) is 4.39 Å². The van der Waals surface area contributed by atoms with Crippen molar-refractivity contribution in [3.63, 3.8) is 0 Å². The van der Waals surface area contributed by atoms with Gasteiger partial charge in [0.2, 0.25) is 0 Å². The van der Waals surface area contributed by atoms with Gasteiger partial charge in [0.1, 0.15) is 12.4 Å². The van der Waals surface area contributed by atoms with Crippen molar-refractivity contribution >= 4 is 0 Å². The van der Waals surface area contributed by atoms with Crippen LogP contribution in [-0.2, 0) is 6.67 Å². The molecule has 0 aliphatic carbocycles. The Hall–Kier alpha value is -1.05. The molecule has 0 radical (unpaired) electrons. The summed E-state index contributed by atoms with van der Waals surface area (Å²) in [7, 11) is 0. The lowest BCUT2D eigenvalue weighted by Gasteiger charge is -2.05. The Bertz CT molecular complexity index is 269. The number of aromatic hydroxyl groups is 1. The van der Waals surface area contributed by atoms with Crippen LogP contribution in [0, 0.1) is 13.8 Å². The van der Waals surface area contributed by atoms with Crippen LogP contribution >= 0.6 is 0 Å². The molecule has 0 saturated carbocycles. The smallest absolute Gasteiger partial charge is 0.121 e. The second-order valence-corrected chi connectivity index (χ2v) is 2.65. The Morgan fingerprint density at radius 2 is 2.00 bits per heavy atom. The molecule has 0 fully saturated rings. The minimum atomic E-state index is -0.514. The van der Waals surface area contributed by atoms with Gasteiger partial charge in [0.05, 0.1) is 0 Å². The molecule has 0 spiro atoms. The molecule has 0 amide bonds. The summed E-state index contributed by atoms with van der Waals surface area (Å²) in [6.45, 7) is 3.00. The van der Waals surface area contributed by atoms with E-state index < -0.39 is 6.67 Å². The molecule has 0 unspecified atom stereocenters.